The smallest absolute Gasteiger partial charge is 0.0493 e. The number of alkyl halides is 1. The Morgan fingerprint density at radius 1 is 1.83 bits per heavy atom. The maximum Gasteiger partial charge on any atom is 0.0493 e. The highest BCUT2D eigenvalue weighted by atomic mass is 79.9. The quantitative estimate of drug-likeness (QED) is 0.353. The molecule has 0 aromatic carbocycles. The molecule has 0 aliphatic heterocycles. The zero-order chi connectivity index (χ0) is 4.83. The molecule has 0 radical (unpaired) electrons. The van der Waals surface area contributed by atoms with Gasteiger partial charge in [-0.3, -0.25) is 0 Å². The van der Waals surface area contributed by atoms with Gasteiger partial charge < -0.3 is 0 Å². The molecule has 0 rings (SSSR count). The van der Waals surface area contributed by atoms with Gasteiger partial charge in [-0.2, -0.15) is 0 Å². The summed E-state index contributed by atoms with van der Waals surface area (Å²) >= 11 is 5.07. The Morgan fingerprint density at radius 2 is 2.50 bits per heavy atom. The van der Waals surface area contributed by atoms with Gasteiger partial charge in [-0.25, -0.2) is 0 Å². The lowest BCUT2D eigenvalue weighted by molar-refractivity contribution is 1.82. The van der Waals surface area contributed by atoms with E-state index in [0.29, 0.717) is 0 Å². The van der Waals surface area contributed by atoms with E-state index in [2.05, 4.69) is 22.5 Å². The monoisotopic (exact) mass is 166 g/mol. The standard InChI is InChI=1S/C4H7BrS/c1-2-3-6-4-5/h2H,1,3-4H2. The third-order valence-corrected chi connectivity index (χ3v) is 1.91. The normalized spacial score (nSPS) is 8.17. The van der Waals surface area contributed by atoms with E-state index < -0.39 is 0 Å². The first kappa shape index (κ1) is 6.57. The van der Waals surface area contributed by atoms with E-state index in [4.69, 9.17) is 0 Å². The summed E-state index contributed by atoms with van der Waals surface area (Å²) in [7, 11) is 0. The van der Waals surface area contributed by atoms with Crippen LogP contribution in [0.25, 0.3) is 0 Å². The molecular formula is C4H7BrS. The minimum atomic E-state index is 1.01. The van der Waals surface area contributed by atoms with E-state index >= 15 is 0 Å². The average Bonchev–Trinajstić information content (AvgIpc) is 1.61. The molecule has 2 heteroatoms. The largest absolute Gasteiger partial charge is 0.146 e. The molecule has 6 heavy (non-hydrogen) atoms. The molecule has 0 N–H and O–H groups in total. The zero-order valence-electron chi connectivity index (χ0n) is 3.48. The number of rotatable bonds is 3. The average molecular weight is 167 g/mol. The summed E-state index contributed by atoms with van der Waals surface area (Å²) in [5.74, 6) is 1.05. The summed E-state index contributed by atoms with van der Waals surface area (Å²) in [6.07, 6.45) is 1.89. The second kappa shape index (κ2) is 5.57. The maximum atomic E-state index is 3.56. The fourth-order valence-electron chi connectivity index (χ4n) is 0.128. The van der Waals surface area contributed by atoms with Crippen LogP contribution in [0.4, 0.5) is 0 Å². The van der Waals surface area contributed by atoms with Crippen molar-refractivity contribution >= 4 is 27.7 Å². The Balaban J connectivity index is 2.49. The first-order chi connectivity index (χ1) is 2.91. The van der Waals surface area contributed by atoms with E-state index in [1.54, 1.807) is 11.8 Å². The predicted molar refractivity (Wildman–Crippen MR) is 36.4 cm³/mol. The second-order valence-electron chi connectivity index (χ2n) is 0.769. The maximum absolute atomic E-state index is 3.56. The molecule has 0 unspecified atom stereocenters. The van der Waals surface area contributed by atoms with Crippen LogP contribution in [-0.2, 0) is 0 Å². The molecule has 0 spiro atoms. The van der Waals surface area contributed by atoms with Gasteiger partial charge in [0.15, 0.2) is 0 Å². The highest BCUT2D eigenvalue weighted by Crippen LogP contribution is 2.02. The van der Waals surface area contributed by atoms with Gasteiger partial charge in [0.05, 0.1) is 0 Å². The number of halogens is 1. The topological polar surface area (TPSA) is 0 Å². The molecule has 0 saturated carbocycles. The van der Waals surface area contributed by atoms with Crippen LogP contribution in [0, 0.1) is 0 Å². The molecule has 0 bridgehead atoms. The van der Waals surface area contributed by atoms with Gasteiger partial charge in [0.2, 0.25) is 0 Å². The van der Waals surface area contributed by atoms with Crippen molar-refractivity contribution in [3.8, 4) is 0 Å². The molecule has 0 aromatic rings. The zero-order valence-corrected chi connectivity index (χ0v) is 5.89. The van der Waals surface area contributed by atoms with Crippen LogP contribution in [0.15, 0.2) is 12.7 Å². The molecule has 0 aliphatic carbocycles. The summed E-state index contributed by atoms with van der Waals surface area (Å²) in [5, 5.41) is 0. The fourth-order valence-corrected chi connectivity index (χ4v) is 0.944. The first-order valence-electron chi connectivity index (χ1n) is 1.66. The van der Waals surface area contributed by atoms with Gasteiger partial charge >= 0.3 is 0 Å². The van der Waals surface area contributed by atoms with E-state index in [0.717, 1.165) is 10.4 Å². The van der Waals surface area contributed by atoms with E-state index in [-0.39, 0.29) is 0 Å². The van der Waals surface area contributed by atoms with Crippen molar-refractivity contribution in [2.24, 2.45) is 0 Å². The van der Waals surface area contributed by atoms with E-state index in [9.17, 15) is 0 Å². The highest BCUT2D eigenvalue weighted by Gasteiger charge is 1.72. The van der Waals surface area contributed by atoms with Crippen molar-refractivity contribution in [1.29, 1.82) is 0 Å². The third kappa shape index (κ3) is 4.57. The Morgan fingerprint density at radius 3 is 2.67 bits per heavy atom. The molecule has 0 aliphatic rings. The van der Waals surface area contributed by atoms with E-state index in [1.807, 2.05) is 6.08 Å². The van der Waals surface area contributed by atoms with Crippen LogP contribution in [0.5, 0.6) is 0 Å². The van der Waals surface area contributed by atoms with Gasteiger partial charge in [0.25, 0.3) is 0 Å². The number of thioether (sulfide) groups is 1. The fraction of sp³-hybridized carbons (Fsp3) is 0.500. The highest BCUT2D eigenvalue weighted by molar-refractivity contribution is 9.11. The van der Waals surface area contributed by atoms with Gasteiger partial charge in [-0.05, 0) is 0 Å². The second-order valence-corrected chi connectivity index (χ2v) is 3.10. The van der Waals surface area contributed by atoms with Crippen molar-refractivity contribution in [3.63, 3.8) is 0 Å². The van der Waals surface area contributed by atoms with Gasteiger partial charge in [-0.15, -0.1) is 18.3 Å². The molecule has 0 aromatic heterocycles. The summed E-state index contributed by atoms with van der Waals surface area (Å²) in [4.78, 5) is 0. The Bertz CT molecular complexity index is 36.5. The molecule has 0 heterocycles. The van der Waals surface area contributed by atoms with Crippen LogP contribution >= 0.6 is 27.7 Å². The SMILES string of the molecule is C=CCSCBr. The van der Waals surface area contributed by atoms with Crippen LogP contribution in [-0.4, -0.2) is 10.4 Å². The number of hydrogen-bond acceptors (Lipinski definition) is 1. The van der Waals surface area contributed by atoms with Crippen molar-refractivity contribution < 1.29 is 0 Å². The lowest BCUT2D eigenvalue weighted by atomic mass is 10.8. The Kier molecular flexibility index (Phi) is 6.10. The van der Waals surface area contributed by atoms with Crippen LogP contribution < -0.4 is 0 Å². The van der Waals surface area contributed by atoms with Crippen molar-refractivity contribution in [2.75, 3.05) is 10.4 Å². The summed E-state index contributed by atoms with van der Waals surface area (Å²) in [6, 6.07) is 0. The van der Waals surface area contributed by atoms with Gasteiger partial charge in [0.1, 0.15) is 0 Å². The van der Waals surface area contributed by atoms with Crippen LogP contribution in [0.1, 0.15) is 0 Å². The molecule has 0 amide bonds. The molecule has 0 fully saturated rings. The van der Waals surface area contributed by atoms with Gasteiger partial charge in [0, 0.05) is 10.4 Å². The Labute approximate surface area is 51.1 Å². The molecule has 0 atom stereocenters. The van der Waals surface area contributed by atoms with E-state index in [1.165, 1.54) is 0 Å². The van der Waals surface area contributed by atoms with Gasteiger partial charge in [-0.1, -0.05) is 22.0 Å². The minimum Gasteiger partial charge on any atom is -0.146 e. The summed E-state index contributed by atoms with van der Waals surface area (Å²) < 4.78 is 1.01. The Hall–Kier alpha value is 0.570. The van der Waals surface area contributed by atoms with Crippen molar-refractivity contribution in [1.82, 2.24) is 0 Å². The molecule has 36 valence electrons. The summed E-state index contributed by atoms with van der Waals surface area (Å²) in [6.45, 7) is 3.56. The van der Waals surface area contributed by atoms with Crippen LogP contribution in [0.2, 0.25) is 0 Å². The lowest BCUT2D eigenvalue weighted by Crippen LogP contribution is -1.63. The van der Waals surface area contributed by atoms with Crippen molar-refractivity contribution in [2.45, 2.75) is 0 Å². The lowest BCUT2D eigenvalue weighted by Gasteiger charge is -1.81. The van der Waals surface area contributed by atoms with Crippen molar-refractivity contribution in [3.05, 3.63) is 12.7 Å². The van der Waals surface area contributed by atoms with Crippen LogP contribution in [0.3, 0.4) is 0 Å². The molecule has 0 nitrogen and oxygen atoms in total. The molecular weight excluding hydrogens is 160 g/mol. The molecule has 0 saturated heterocycles. The first-order valence-corrected chi connectivity index (χ1v) is 3.94. The predicted octanol–water partition coefficient (Wildman–Crippen LogP) is 2.26. The minimum absolute atomic E-state index is 1.01. The summed E-state index contributed by atoms with van der Waals surface area (Å²) in [5.41, 5.74) is 0. The number of hydrogen-bond donors (Lipinski definition) is 0. The third-order valence-electron chi connectivity index (χ3n) is 0.313.